The van der Waals surface area contributed by atoms with Crippen molar-refractivity contribution in [3.63, 3.8) is 0 Å². The van der Waals surface area contributed by atoms with E-state index in [0.29, 0.717) is 10.7 Å². The average Bonchev–Trinajstić information content (AvgIpc) is 3.16. The van der Waals surface area contributed by atoms with Gasteiger partial charge in [-0.15, -0.1) is 0 Å². The Kier molecular flexibility index (Phi) is 2.86. The standard InChI is InChI=1S/C14H16ClN3/c1-2-14(7-8-14)9-16-12-10-5-3-4-6-11(10)17-13(15)18-12/h3-6H,2,7-9H2,1H3,(H,16,17,18). The molecular weight excluding hydrogens is 246 g/mol. The lowest BCUT2D eigenvalue weighted by Crippen LogP contribution is -2.15. The van der Waals surface area contributed by atoms with Crippen LogP contribution in [0.3, 0.4) is 0 Å². The molecule has 18 heavy (non-hydrogen) atoms. The normalized spacial score (nSPS) is 16.8. The number of rotatable bonds is 4. The Morgan fingerprint density at radius 3 is 2.78 bits per heavy atom. The monoisotopic (exact) mass is 261 g/mol. The highest BCUT2D eigenvalue weighted by atomic mass is 35.5. The lowest BCUT2D eigenvalue weighted by molar-refractivity contribution is 0.521. The van der Waals surface area contributed by atoms with Crippen LogP contribution in [0.1, 0.15) is 26.2 Å². The predicted octanol–water partition coefficient (Wildman–Crippen LogP) is 3.89. The third-order valence-electron chi connectivity index (χ3n) is 3.91. The molecule has 0 saturated heterocycles. The lowest BCUT2D eigenvalue weighted by atomic mass is 10.0. The summed E-state index contributed by atoms with van der Waals surface area (Å²) in [6, 6.07) is 7.95. The van der Waals surface area contributed by atoms with E-state index in [-0.39, 0.29) is 0 Å². The molecule has 0 spiro atoms. The smallest absolute Gasteiger partial charge is 0.224 e. The van der Waals surface area contributed by atoms with Gasteiger partial charge in [0.05, 0.1) is 5.52 Å². The van der Waals surface area contributed by atoms with Gasteiger partial charge in [0.15, 0.2) is 0 Å². The van der Waals surface area contributed by atoms with Gasteiger partial charge in [-0.1, -0.05) is 19.1 Å². The van der Waals surface area contributed by atoms with Crippen molar-refractivity contribution in [2.24, 2.45) is 5.41 Å². The van der Waals surface area contributed by atoms with Crippen LogP contribution in [0.5, 0.6) is 0 Å². The molecular formula is C14H16ClN3. The minimum Gasteiger partial charge on any atom is -0.369 e. The number of anilines is 1. The quantitative estimate of drug-likeness (QED) is 0.849. The van der Waals surface area contributed by atoms with Crippen LogP contribution in [0.2, 0.25) is 5.28 Å². The van der Waals surface area contributed by atoms with Crippen molar-refractivity contribution in [1.82, 2.24) is 9.97 Å². The van der Waals surface area contributed by atoms with Gasteiger partial charge in [0, 0.05) is 11.9 Å². The van der Waals surface area contributed by atoms with Crippen molar-refractivity contribution >= 4 is 28.3 Å². The van der Waals surface area contributed by atoms with Gasteiger partial charge in [-0.05, 0) is 48.4 Å². The highest BCUT2D eigenvalue weighted by Gasteiger charge is 2.40. The second-order valence-electron chi connectivity index (χ2n) is 5.07. The Morgan fingerprint density at radius 2 is 2.06 bits per heavy atom. The fourth-order valence-corrected chi connectivity index (χ4v) is 2.46. The first-order chi connectivity index (χ1) is 8.72. The third kappa shape index (κ3) is 2.15. The van der Waals surface area contributed by atoms with Gasteiger partial charge < -0.3 is 5.32 Å². The molecule has 1 aromatic heterocycles. The number of benzene rings is 1. The Morgan fingerprint density at radius 1 is 1.28 bits per heavy atom. The number of halogens is 1. The Balaban J connectivity index is 1.91. The molecule has 0 unspecified atom stereocenters. The first-order valence-electron chi connectivity index (χ1n) is 6.39. The van der Waals surface area contributed by atoms with E-state index in [1.54, 1.807) is 0 Å². The highest BCUT2D eigenvalue weighted by Crippen LogP contribution is 2.48. The van der Waals surface area contributed by atoms with Crippen LogP contribution in [0.25, 0.3) is 10.9 Å². The molecule has 1 N–H and O–H groups in total. The molecule has 0 bridgehead atoms. The summed E-state index contributed by atoms with van der Waals surface area (Å²) in [6.45, 7) is 3.22. The first-order valence-corrected chi connectivity index (χ1v) is 6.76. The fraction of sp³-hybridized carbons (Fsp3) is 0.429. The minimum absolute atomic E-state index is 0.303. The molecule has 1 heterocycles. The molecule has 0 radical (unpaired) electrons. The zero-order valence-corrected chi connectivity index (χ0v) is 11.2. The maximum Gasteiger partial charge on any atom is 0.224 e. The molecule has 3 rings (SSSR count). The van der Waals surface area contributed by atoms with E-state index in [0.717, 1.165) is 23.3 Å². The zero-order chi connectivity index (χ0) is 12.6. The van der Waals surface area contributed by atoms with E-state index in [1.807, 2.05) is 24.3 Å². The fourth-order valence-electron chi connectivity index (χ4n) is 2.29. The summed E-state index contributed by atoms with van der Waals surface area (Å²) >= 11 is 5.96. The van der Waals surface area contributed by atoms with Crippen LogP contribution in [-0.2, 0) is 0 Å². The van der Waals surface area contributed by atoms with Crippen molar-refractivity contribution < 1.29 is 0 Å². The van der Waals surface area contributed by atoms with Gasteiger partial charge >= 0.3 is 0 Å². The largest absolute Gasteiger partial charge is 0.369 e. The summed E-state index contributed by atoms with van der Waals surface area (Å²) in [4.78, 5) is 8.54. The predicted molar refractivity (Wildman–Crippen MR) is 75.0 cm³/mol. The lowest BCUT2D eigenvalue weighted by Gasteiger charge is -2.15. The van der Waals surface area contributed by atoms with Gasteiger partial charge in [0.25, 0.3) is 0 Å². The molecule has 0 aliphatic heterocycles. The highest BCUT2D eigenvalue weighted by molar-refractivity contribution is 6.28. The van der Waals surface area contributed by atoms with Gasteiger partial charge in [0.2, 0.25) is 5.28 Å². The molecule has 0 atom stereocenters. The summed E-state index contributed by atoms with van der Waals surface area (Å²) in [5.41, 5.74) is 1.37. The van der Waals surface area contributed by atoms with Gasteiger partial charge in [-0.3, -0.25) is 0 Å². The van der Waals surface area contributed by atoms with E-state index < -0.39 is 0 Å². The molecule has 1 aliphatic rings. The van der Waals surface area contributed by atoms with E-state index in [4.69, 9.17) is 11.6 Å². The number of nitrogens with one attached hydrogen (secondary N) is 1. The van der Waals surface area contributed by atoms with Crippen LogP contribution < -0.4 is 5.32 Å². The maximum atomic E-state index is 5.96. The number of aromatic nitrogens is 2. The molecule has 1 saturated carbocycles. The second kappa shape index (κ2) is 4.39. The van der Waals surface area contributed by atoms with Crippen molar-refractivity contribution in [1.29, 1.82) is 0 Å². The summed E-state index contributed by atoms with van der Waals surface area (Å²) < 4.78 is 0. The SMILES string of the molecule is CCC1(CNc2nc(Cl)nc3ccccc23)CC1. The molecule has 0 amide bonds. The van der Waals surface area contributed by atoms with Crippen LogP contribution in [0.15, 0.2) is 24.3 Å². The number of fused-ring (bicyclic) bond motifs is 1. The van der Waals surface area contributed by atoms with E-state index >= 15 is 0 Å². The van der Waals surface area contributed by atoms with Crippen LogP contribution in [0.4, 0.5) is 5.82 Å². The summed E-state index contributed by atoms with van der Waals surface area (Å²) in [5.74, 6) is 0.852. The average molecular weight is 262 g/mol. The second-order valence-corrected chi connectivity index (χ2v) is 5.40. The van der Waals surface area contributed by atoms with Crippen molar-refractivity contribution in [2.75, 3.05) is 11.9 Å². The van der Waals surface area contributed by atoms with Gasteiger partial charge in [0.1, 0.15) is 5.82 Å². The third-order valence-corrected chi connectivity index (χ3v) is 4.08. The minimum atomic E-state index is 0.303. The first kappa shape index (κ1) is 11.7. The molecule has 1 aromatic carbocycles. The zero-order valence-electron chi connectivity index (χ0n) is 10.4. The van der Waals surface area contributed by atoms with Crippen LogP contribution in [-0.4, -0.2) is 16.5 Å². The van der Waals surface area contributed by atoms with Gasteiger partial charge in [-0.25, -0.2) is 9.97 Å². The Bertz CT molecular complexity index is 578. The van der Waals surface area contributed by atoms with Crippen molar-refractivity contribution in [3.05, 3.63) is 29.5 Å². The molecule has 1 aliphatic carbocycles. The van der Waals surface area contributed by atoms with E-state index in [9.17, 15) is 0 Å². The van der Waals surface area contributed by atoms with E-state index in [1.165, 1.54) is 19.3 Å². The topological polar surface area (TPSA) is 37.8 Å². The van der Waals surface area contributed by atoms with Crippen LogP contribution >= 0.6 is 11.6 Å². The van der Waals surface area contributed by atoms with E-state index in [2.05, 4.69) is 22.2 Å². The molecule has 3 nitrogen and oxygen atoms in total. The molecule has 94 valence electrons. The van der Waals surface area contributed by atoms with Crippen LogP contribution in [0, 0.1) is 5.41 Å². The maximum absolute atomic E-state index is 5.96. The Labute approximate surface area is 112 Å². The molecule has 1 fully saturated rings. The summed E-state index contributed by atoms with van der Waals surface area (Å²) in [7, 11) is 0. The van der Waals surface area contributed by atoms with Crippen molar-refractivity contribution in [3.8, 4) is 0 Å². The molecule has 4 heteroatoms. The number of para-hydroxylation sites is 1. The Hall–Kier alpha value is -1.35. The number of hydrogen-bond donors (Lipinski definition) is 1. The number of hydrogen-bond acceptors (Lipinski definition) is 3. The molecule has 2 aromatic rings. The van der Waals surface area contributed by atoms with Crippen molar-refractivity contribution in [2.45, 2.75) is 26.2 Å². The summed E-state index contributed by atoms with van der Waals surface area (Å²) in [6.07, 6.45) is 3.84. The summed E-state index contributed by atoms with van der Waals surface area (Å²) in [5, 5.41) is 4.79. The number of nitrogens with zero attached hydrogens (tertiary/aromatic N) is 2. The van der Waals surface area contributed by atoms with Gasteiger partial charge in [-0.2, -0.15) is 0 Å².